The standard InChI is InChI=1S/C19H12BrNO7/c1-10-8-16(23)18(19(24)27-10)15(22)6-3-12-4-7-17(28-12)13-5-2-11(21(25)26)9-14(13)20/h2-9,18H,1H3/b6-3+. The number of nitro groups is 1. The quantitative estimate of drug-likeness (QED) is 0.225. The first kappa shape index (κ1) is 19.4. The Hall–Kier alpha value is -3.33. The van der Waals surface area contributed by atoms with Crippen molar-refractivity contribution in [3.63, 3.8) is 0 Å². The molecule has 0 N–H and O–H groups in total. The number of non-ortho nitro benzene ring substituents is 1. The van der Waals surface area contributed by atoms with E-state index in [1.807, 2.05) is 0 Å². The highest BCUT2D eigenvalue weighted by Crippen LogP contribution is 2.32. The van der Waals surface area contributed by atoms with E-state index < -0.39 is 28.4 Å². The van der Waals surface area contributed by atoms with Gasteiger partial charge in [-0.05, 0) is 53.2 Å². The van der Waals surface area contributed by atoms with Crippen molar-refractivity contribution in [1.29, 1.82) is 0 Å². The van der Waals surface area contributed by atoms with Crippen LogP contribution in [0.4, 0.5) is 5.69 Å². The Morgan fingerprint density at radius 2 is 2.00 bits per heavy atom. The van der Waals surface area contributed by atoms with Crippen molar-refractivity contribution in [2.24, 2.45) is 5.92 Å². The van der Waals surface area contributed by atoms with Crippen LogP contribution in [-0.2, 0) is 19.1 Å². The van der Waals surface area contributed by atoms with Gasteiger partial charge in [0.05, 0.1) is 4.92 Å². The van der Waals surface area contributed by atoms with Crippen LogP contribution in [0.2, 0.25) is 0 Å². The molecule has 0 fully saturated rings. The SMILES string of the molecule is CC1=CC(=O)C(C(=O)/C=C/c2ccc(-c3ccc([N+](=O)[O-])cc3Br)o2)C(=O)O1. The molecule has 0 spiro atoms. The van der Waals surface area contributed by atoms with Gasteiger partial charge >= 0.3 is 5.97 Å². The van der Waals surface area contributed by atoms with Crippen LogP contribution < -0.4 is 0 Å². The third kappa shape index (κ3) is 3.99. The molecule has 9 heteroatoms. The van der Waals surface area contributed by atoms with Crippen molar-refractivity contribution in [1.82, 2.24) is 0 Å². The largest absolute Gasteiger partial charge is 0.457 e. The summed E-state index contributed by atoms with van der Waals surface area (Å²) in [6.45, 7) is 1.45. The second kappa shape index (κ2) is 7.73. The first-order valence-corrected chi connectivity index (χ1v) is 8.75. The molecule has 2 aromatic rings. The number of carbonyl (C=O) groups is 3. The van der Waals surface area contributed by atoms with Crippen LogP contribution in [0.25, 0.3) is 17.4 Å². The Morgan fingerprint density at radius 3 is 2.64 bits per heavy atom. The summed E-state index contributed by atoms with van der Waals surface area (Å²) in [4.78, 5) is 46.1. The lowest BCUT2D eigenvalue weighted by molar-refractivity contribution is -0.384. The Kier molecular flexibility index (Phi) is 5.36. The molecule has 0 bridgehead atoms. The predicted molar refractivity (Wildman–Crippen MR) is 101 cm³/mol. The summed E-state index contributed by atoms with van der Waals surface area (Å²) in [5.41, 5.74) is 0.518. The lowest BCUT2D eigenvalue weighted by Gasteiger charge is -2.15. The van der Waals surface area contributed by atoms with Crippen LogP contribution in [0.5, 0.6) is 0 Å². The minimum atomic E-state index is -1.52. The summed E-state index contributed by atoms with van der Waals surface area (Å²) in [5, 5.41) is 10.8. The van der Waals surface area contributed by atoms with E-state index in [-0.39, 0.29) is 11.4 Å². The van der Waals surface area contributed by atoms with E-state index in [1.165, 1.54) is 31.2 Å². The van der Waals surface area contributed by atoms with Gasteiger partial charge in [0.25, 0.3) is 5.69 Å². The Morgan fingerprint density at radius 1 is 1.25 bits per heavy atom. The van der Waals surface area contributed by atoms with Crippen LogP contribution >= 0.6 is 15.9 Å². The molecule has 3 rings (SSSR count). The zero-order chi connectivity index (χ0) is 20.4. The zero-order valence-corrected chi connectivity index (χ0v) is 16.0. The molecule has 1 atom stereocenters. The number of furan rings is 1. The highest BCUT2D eigenvalue weighted by atomic mass is 79.9. The number of rotatable bonds is 5. The molecule has 0 radical (unpaired) electrons. The Balaban J connectivity index is 1.78. The van der Waals surface area contributed by atoms with Gasteiger partial charge in [0.2, 0.25) is 0 Å². The van der Waals surface area contributed by atoms with Crippen LogP contribution in [0.15, 0.2) is 57.1 Å². The number of benzene rings is 1. The van der Waals surface area contributed by atoms with Crippen LogP contribution in [0.1, 0.15) is 12.7 Å². The second-order valence-corrected chi connectivity index (χ2v) is 6.72. The average Bonchev–Trinajstić information content (AvgIpc) is 3.07. The molecule has 0 aliphatic carbocycles. The average molecular weight is 446 g/mol. The van der Waals surface area contributed by atoms with Gasteiger partial charge in [-0.15, -0.1) is 0 Å². The molecule has 0 saturated heterocycles. The number of ketones is 2. The van der Waals surface area contributed by atoms with E-state index in [1.54, 1.807) is 12.1 Å². The smallest absolute Gasteiger partial charge is 0.329 e. The molecule has 28 heavy (non-hydrogen) atoms. The number of carbonyl (C=O) groups excluding carboxylic acids is 3. The van der Waals surface area contributed by atoms with Crippen LogP contribution in [0, 0.1) is 16.0 Å². The first-order chi connectivity index (χ1) is 13.3. The highest BCUT2D eigenvalue weighted by Gasteiger charge is 2.36. The van der Waals surface area contributed by atoms with Crippen molar-refractivity contribution in [2.45, 2.75) is 6.92 Å². The van der Waals surface area contributed by atoms with Gasteiger partial charge in [-0.3, -0.25) is 24.5 Å². The molecule has 2 heterocycles. The van der Waals surface area contributed by atoms with Crippen molar-refractivity contribution in [3.8, 4) is 11.3 Å². The molecular weight excluding hydrogens is 434 g/mol. The number of halogens is 1. The molecule has 142 valence electrons. The van der Waals surface area contributed by atoms with Gasteiger partial charge in [-0.2, -0.15) is 0 Å². The van der Waals surface area contributed by atoms with Gasteiger partial charge < -0.3 is 9.15 Å². The number of allylic oxidation sites excluding steroid dienone is 3. The fraction of sp³-hybridized carbons (Fsp3) is 0.105. The van der Waals surface area contributed by atoms with E-state index in [9.17, 15) is 24.5 Å². The van der Waals surface area contributed by atoms with Crippen molar-refractivity contribution in [3.05, 3.63) is 68.6 Å². The molecule has 1 aromatic heterocycles. The number of ether oxygens (including phenoxy) is 1. The lowest BCUT2D eigenvalue weighted by atomic mass is 9.96. The highest BCUT2D eigenvalue weighted by molar-refractivity contribution is 9.10. The van der Waals surface area contributed by atoms with Gasteiger partial charge in [-0.1, -0.05) is 0 Å². The number of nitro benzene ring substituents is 1. The fourth-order valence-corrected chi connectivity index (χ4v) is 3.13. The minimum absolute atomic E-state index is 0.0683. The Bertz CT molecular complexity index is 1060. The molecule has 1 unspecified atom stereocenters. The summed E-state index contributed by atoms with van der Waals surface area (Å²) in [6.07, 6.45) is 3.51. The normalized spacial score (nSPS) is 16.8. The van der Waals surface area contributed by atoms with Gasteiger partial charge in [0, 0.05) is 28.2 Å². The second-order valence-electron chi connectivity index (χ2n) is 5.87. The third-order valence-electron chi connectivity index (χ3n) is 3.88. The maximum absolute atomic E-state index is 12.2. The summed E-state index contributed by atoms with van der Waals surface area (Å²) in [6, 6.07) is 7.44. The molecular formula is C19H12BrNO7. The number of nitrogens with zero attached hydrogens (tertiary/aromatic N) is 1. The van der Waals surface area contributed by atoms with E-state index in [4.69, 9.17) is 9.15 Å². The lowest BCUT2D eigenvalue weighted by Crippen LogP contribution is -2.34. The van der Waals surface area contributed by atoms with Crippen molar-refractivity contribution >= 4 is 45.2 Å². The number of hydrogen-bond acceptors (Lipinski definition) is 7. The van der Waals surface area contributed by atoms with Gasteiger partial charge in [-0.25, -0.2) is 0 Å². The van der Waals surface area contributed by atoms with Crippen molar-refractivity contribution in [2.75, 3.05) is 0 Å². The van der Waals surface area contributed by atoms with E-state index in [0.29, 0.717) is 21.6 Å². The molecule has 0 saturated carbocycles. The zero-order valence-electron chi connectivity index (χ0n) is 14.4. The minimum Gasteiger partial charge on any atom is -0.457 e. The molecule has 1 aliphatic rings. The summed E-state index contributed by atoms with van der Waals surface area (Å²) < 4.78 is 10.9. The van der Waals surface area contributed by atoms with E-state index >= 15 is 0 Å². The fourth-order valence-electron chi connectivity index (χ4n) is 2.57. The van der Waals surface area contributed by atoms with Gasteiger partial charge in [0.15, 0.2) is 17.5 Å². The third-order valence-corrected chi connectivity index (χ3v) is 4.54. The predicted octanol–water partition coefficient (Wildman–Crippen LogP) is 3.85. The van der Waals surface area contributed by atoms with Crippen molar-refractivity contribution < 1.29 is 28.5 Å². The molecule has 1 aromatic carbocycles. The molecule has 8 nitrogen and oxygen atoms in total. The van der Waals surface area contributed by atoms with E-state index in [2.05, 4.69) is 15.9 Å². The number of esters is 1. The van der Waals surface area contributed by atoms with E-state index in [0.717, 1.165) is 12.2 Å². The maximum atomic E-state index is 12.2. The summed E-state index contributed by atoms with van der Waals surface area (Å²) in [7, 11) is 0. The van der Waals surface area contributed by atoms with Crippen LogP contribution in [0.3, 0.4) is 0 Å². The van der Waals surface area contributed by atoms with Gasteiger partial charge in [0.1, 0.15) is 17.3 Å². The monoisotopic (exact) mass is 445 g/mol. The topological polar surface area (TPSA) is 117 Å². The number of cyclic esters (lactones) is 1. The molecule has 0 amide bonds. The summed E-state index contributed by atoms with van der Waals surface area (Å²) in [5.74, 6) is -2.90. The first-order valence-electron chi connectivity index (χ1n) is 7.96. The Labute approximate surface area is 166 Å². The van der Waals surface area contributed by atoms with Crippen LogP contribution in [-0.4, -0.2) is 22.5 Å². The molecule has 1 aliphatic heterocycles. The number of hydrogen-bond donors (Lipinski definition) is 0. The maximum Gasteiger partial charge on any atom is 0.329 e. The summed E-state index contributed by atoms with van der Waals surface area (Å²) >= 11 is 3.26.